The van der Waals surface area contributed by atoms with Gasteiger partial charge in [-0.25, -0.2) is 4.98 Å². The van der Waals surface area contributed by atoms with Gasteiger partial charge in [-0.15, -0.1) is 11.3 Å². The molecule has 3 aromatic rings. The Morgan fingerprint density at radius 2 is 1.69 bits per heavy atom. The second-order valence-corrected chi connectivity index (χ2v) is 6.45. The maximum absolute atomic E-state index is 12.6. The number of alkyl halides is 3. The third-order valence-electron chi connectivity index (χ3n) is 3.81. The molecule has 1 aromatic heterocycles. The summed E-state index contributed by atoms with van der Waals surface area (Å²) in [5.41, 5.74) is 1.36. The lowest BCUT2D eigenvalue weighted by molar-refractivity contribution is -0.137. The van der Waals surface area contributed by atoms with Crippen LogP contribution in [0.5, 0.6) is 11.5 Å². The summed E-state index contributed by atoms with van der Waals surface area (Å²) in [6, 6.07) is 10.5. The highest BCUT2D eigenvalue weighted by atomic mass is 32.1. The number of benzene rings is 2. The first-order valence-electron chi connectivity index (χ1n) is 7.79. The van der Waals surface area contributed by atoms with Crippen molar-refractivity contribution in [3.63, 3.8) is 0 Å². The Morgan fingerprint density at radius 3 is 2.42 bits per heavy atom. The Balaban J connectivity index is 1.51. The van der Waals surface area contributed by atoms with Gasteiger partial charge in [0.25, 0.3) is 0 Å². The number of aromatic nitrogens is 1. The molecule has 0 saturated carbocycles. The average molecular weight is 378 g/mol. The first kappa shape index (κ1) is 16.7. The van der Waals surface area contributed by atoms with E-state index < -0.39 is 11.7 Å². The van der Waals surface area contributed by atoms with E-state index in [0.717, 1.165) is 17.8 Å². The molecule has 0 spiro atoms. The molecule has 2 aromatic carbocycles. The van der Waals surface area contributed by atoms with Gasteiger partial charge in [-0.1, -0.05) is 12.1 Å². The van der Waals surface area contributed by atoms with Gasteiger partial charge in [-0.05, 0) is 24.3 Å². The van der Waals surface area contributed by atoms with Gasteiger partial charge in [-0.2, -0.15) is 13.2 Å². The summed E-state index contributed by atoms with van der Waals surface area (Å²) in [4.78, 5) is 4.43. The Bertz CT molecular complexity index is 923. The molecular weight excluding hydrogens is 365 g/mol. The van der Waals surface area contributed by atoms with Gasteiger partial charge in [-0.3, -0.25) is 0 Å². The largest absolute Gasteiger partial charge is 0.486 e. The summed E-state index contributed by atoms with van der Waals surface area (Å²) < 4.78 is 49.0. The molecule has 2 heterocycles. The highest BCUT2D eigenvalue weighted by Gasteiger charge is 2.30. The zero-order valence-corrected chi connectivity index (χ0v) is 14.2. The van der Waals surface area contributed by atoms with Gasteiger partial charge in [0.15, 0.2) is 16.6 Å². The number of hydrogen-bond acceptors (Lipinski definition) is 5. The topological polar surface area (TPSA) is 43.4 Å². The van der Waals surface area contributed by atoms with Crippen LogP contribution in [0.1, 0.15) is 5.56 Å². The van der Waals surface area contributed by atoms with Crippen LogP contribution in [0, 0.1) is 0 Å². The van der Waals surface area contributed by atoms with Crippen LogP contribution in [0.4, 0.5) is 24.0 Å². The standard InChI is InChI=1S/C18H13F3N2O2S/c19-18(20,21)12-3-1-11(2-4-12)14-10-26-17(23-14)22-13-5-6-15-16(9-13)25-8-7-24-15/h1-6,9-10H,7-8H2,(H,22,23). The monoisotopic (exact) mass is 378 g/mol. The molecule has 0 fully saturated rings. The molecule has 26 heavy (non-hydrogen) atoms. The first-order valence-corrected chi connectivity index (χ1v) is 8.67. The Kier molecular flexibility index (Phi) is 4.20. The average Bonchev–Trinajstić information content (AvgIpc) is 3.09. The molecule has 134 valence electrons. The third-order valence-corrected chi connectivity index (χ3v) is 4.56. The molecule has 1 aliphatic rings. The fourth-order valence-corrected chi connectivity index (χ4v) is 3.28. The molecule has 0 bridgehead atoms. The number of thiazole rings is 1. The van der Waals surface area contributed by atoms with E-state index in [-0.39, 0.29) is 0 Å². The summed E-state index contributed by atoms with van der Waals surface area (Å²) in [5, 5.41) is 5.60. The van der Waals surface area contributed by atoms with Crippen molar-refractivity contribution in [2.75, 3.05) is 18.5 Å². The van der Waals surface area contributed by atoms with Crippen molar-refractivity contribution in [3.05, 3.63) is 53.4 Å². The lowest BCUT2D eigenvalue weighted by atomic mass is 10.1. The summed E-state index contributed by atoms with van der Waals surface area (Å²) in [6.07, 6.45) is -4.34. The van der Waals surface area contributed by atoms with Crippen LogP contribution >= 0.6 is 11.3 Å². The molecule has 0 saturated heterocycles. The maximum Gasteiger partial charge on any atom is 0.416 e. The lowest BCUT2D eigenvalue weighted by Gasteiger charge is -2.18. The highest BCUT2D eigenvalue weighted by Crippen LogP contribution is 2.35. The van der Waals surface area contributed by atoms with E-state index in [1.807, 2.05) is 18.2 Å². The van der Waals surface area contributed by atoms with E-state index in [2.05, 4.69) is 10.3 Å². The smallest absolute Gasteiger partial charge is 0.416 e. The highest BCUT2D eigenvalue weighted by molar-refractivity contribution is 7.14. The molecule has 0 radical (unpaired) electrons. The van der Waals surface area contributed by atoms with Crippen molar-refractivity contribution in [1.82, 2.24) is 4.98 Å². The number of nitrogens with zero attached hydrogens (tertiary/aromatic N) is 1. The molecule has 0 atom stereocenters. The molecule has 4 nitrogen and oxygen atoms in total. The summed E-state index contributed by atoms with van der Waals surface area (Å²) >= 11 is 1.37. The van der Waals surface area contributed by atoms with Gasteiger partial charge >= 0.3 is 6.18 Å². The second-order valence-electron chi connectivity index (χ2n) is 5.60. The SMILES string of the molecule is FC(F)(F)c1ccc(-c2csc(Nc3ccc4c(c3)OCCO4)n2)cc1. The fourth-order valence-electron chi connectivity index (χ4n) is 2.54. The van der Waals surface area contributed by atoms with Gasteiger partial charge in [0.2, 0.25) is 0 Å². The summed E-state index contributed by atoms with van der Waals surface area (Å²) in [7, 11) is 0. The van der Waals surface area contributed by atoms with Crippen LogP contribution in [-0.4, -0.2) is 18.2 Å². The van der Waals surface area contributed by atoms with E-state index in [9.17, 15) is 13.2 Å². The van der Waals surface area contributed by atoms with Crippen molar-refractivity contribution < 1.29 is 22.6 Å². The molecule has 1 aliphatic heterocycles. The predicted molar refractivity (Wildman–Crippen MR) is 93.3 cm³/mol. The number of nitrogens with one attached hydrogen (secondary N) is 1. The quantitative estimate of drug-likeness (QED) is 0.668. The summed E-state index contributed by atoms with van der Waals surface area (Å²) in [5.74, 6) is 1.37. The minimum absolute atomic E-state index is 0.506. The van der Waals surface area contributed by atoms with Gasteiger partial charge in [0.05, 0.1) is 11.3 Å². The van der Waals surface area contributed by atoms with Crippen molar-refractivity contribution in [2.24, 2.45) is 0 Å². The Hall–Kier alpha value is -2.74. The zero-order valence-electron chi connectivity index (χ0n) is 13.3. The van der Waals surface area contributed by atoms with Gasteiger partial charge in [0, 0.05) is 22.7 Å². The number of hydrogen-bond donors (Lipinski definition) is 1. The number of rotatable bonds is 3. The number of ether oxygens (including phenoxy) is 2. The molecule has 0 amide bonds. The number of halogens is 3. The van der Waals surface area contributed by atoms with Crippen LogP contribution in [0.3, 0.4) is 0 Å². The van der Waals surface area contributed by atoms with Crippen molar-refractivity contribution in [1.29, 1.82) is 0 Å². The fraction of sp³-hybridized carbons (Fsp3) is 0.167. The molecule has 0 aliphatic carbocycles. The van der Waals surface area contributed by atoms with E-state index in [1.165, 1.54) is 23.5 Å². The van der Waals surface area contributed by atoms with Crippen molar-refractivity contribution in [3.8, 4) is 22.8 Å². The van der Waals surface area contributed by atoms with Crippen molar-refractivity contribution in [2.45, 2.75) is 6.18 Å². The first-order chi connectivity index (χ1) is 12.5. The van der Waals surface area contributed by atoms with E-state index >= 15 is 0 Å². The van der Waals surface area contributed by atoms with Crippen LogP contribution in [0.25, 0.3) is 11.3 Å². The van der Waals surface area contributed by atoms with Gasteiger partial charge < -0.3 is 14.8 Å². The summed E-state index contributed by atoms with van der Waals surface area (Å²) in [6.45, 7) is 1.04. The molecule has 4 rings (SSSR count). The molecule has 0 unspecified atom stereocenters. The third kappa shape index (κ3) is 3.45. The van der Waals surface area contributed by atoms with E-state index in [0.29, 0.717) is 41.1 Å². The minimum Gasteiger partial charge on any atom is -0.486 e. The van der Waals surface area contributed by atoms with Crippen LogP contribution in [-0.2, 0) is 6.18 Å². The number of fused-ring (bicyclic) bond motifs is 1. The predicted octanol–water partition coefficient (Wildman–Crippen LogP) is 5.34. The second kappa shape index (κ2) is 6.53. The van der Waals surface area contributed by atoms with Crippen molar-refractivity contribution >= 4 is 22.2 Å². The van der Waals surface area contributed by atoms with E-state index in [4.69, 9.17) is 9.47 Å². The zero-order chi connectivity index (χ0) is 18.1. The minimum atomic E-state index is -4.34. The Labute approximate surface area is 151 Å². The molecule has 1 N–H and O–H groups in total. The van der Waals surface area contributed by atoms with Crippen LogP contribution in [0.15, 0.2) is 47.8 Å². The normalized spacial score (nSPS) is 13.5. The van der Waals surface area contributed by atoms with E-state index in [1.54, 1.807) is 5.38 Å². The van der Waals surface area contributed by atoms with Gasteiger partial charge in [0.1, 0.15) is 13.2 Å². The number of anilines is 2. The molecule has 8 heteroatoms. The lowest BCUT2D eigenvalue weighted by Crippen LogP contribution is -2.15. The van der Waals surface area contributed by atoms with Crippen LogP contribution in [0.2, 0.25) is 0 Å². The molecular formula is C18H13F3N2O2S. The maximum atomic E-state index is 12.6. The Morgan fingerprint density at radius 1 is 0.962 bits per heavy atom. The van der Waals surface area contributed by atoms with Crippen LogP contribution < -0.4 is 14.8 Å².